The van der Waals surface area contributed by atoms with E-state index < -0.39 is 0 Å². The van der Waals surface area contributed by atoms with Crippen molar-refractivity contribution in [3.63, 3.8) is 0 Å². The second kappa shape index (κ2) is 14.6. The molecule has 1 saturated carbocycles. The van der Waals surface area contributed by atoms with Crippen molar-refractivity contribution in [1.29, 1.82) is 0 Å². The van der Waals surface area contributed by atoms with Crippen LogP contribution in [0.5, 0.6) is 0 Å². The molecule has 10 aromatic carbocycles. The smallest absolute Gasteiger partial charge is 0.144 e. The zero-order chi connectivity index (χ0) is 45.3. The summed E-state index contributed by atoms with van der Waals surface area (Å²) in [5.74, 6) is 0.410. The molecule has 0 bridgehead atoms. The Hall–Kier alpha value is -8.73. The van der Waals surface area contributed by atoms with Crippen molar-refractivity contribution < 1.29 is 8.83 Å². The Labute approximate surface area is 397 Å². The van der Waals surface area contributed by atoms with E-state index in [1.807, 2.05) is 6.07 Å². The van der Waals surface area contributed by atoms with Crippen LogP contribution in [-0.2, 0) is 0 Å². The third-order valence-corrected chi connectivity index (χ3v) is 15.0. The van der Waals surface area contributed by atoms with Gasteiger partial charge in [-0.2, -0.15) is 0 Å². The molecule has 1 fully saturated rings. The van der Waals surface area contributed by atoms with Crippen molar-refractivity contribution in [2.45, 2.75) is 13.3 Å². The summed E-state index contributed by atoms with van der Waals surface area (Å²) < 4.78 is 16.2. The standard InChI is InChI=1S/C65H42N2O2/c1-38-51(45-22-13-21-40(31-45)39-15-3-2-4-16-39)34-46-35-52(46)64(66-63(38)50-26-14-25-48-47-23-9-11-27-58(47)69-65(48)50)62-55(29-30-60-61(62)49-24-10-12-28-59(49)68-60)67-56-36-43-19-7-5-17-41(43)32-53(56)54-33-42-18-6-8-20-44(42)37-57(54)67/h2-34,36-37,46,52H,35H2,1H3. The summed E-state index contributed by atoms with van der Waals surface area (Å²) in [5, 5.41) is 11.6. The monoisotopic (exact) mass is 882 g/mol. The van der Waals surface area contributed by atoms with Gasteiger partial charge in [0, 0.05) is 49.4 Å². The molecule has 3 aromatic heterocycles. The van der Waals surface area contributed by atoms with E-state index in [9.17, 15) is 0 Å². The molecule has 4 heterocycles. The molecule has 324 valence electrons. The number of hydrogen-bond acceptors (Lipinski definition) is 3. The van der Waals surface area contributed by atoms with Gasteiger partial charge in [-0.25, -0.2) is 0 Å². The second-order valence-corrected chi connectivity index (χ2v) is 19.0. The van der Waals surface area contributed by atoms with Crippen LogP contribution in [-0.4, -0.2) is 10.3 Å². The summed E-state index contributed by atoms with van der Waals surface area (Å²) in [6.07, 6.45) is 3.52. The Morgan fingerprint density at radius 1 is 0.478 bits per heavy atom. The van der Waals surface area contributed by atoms with Crippen molar-refractivity contribution in [2.24, 2.45) is 16.8 Å². The highest BCUT2D eigenvalue weighted by Gasteiger charge is 2.44. The van der Waals surface area contributed by atoms with Crippen LogP contribution in [0.15, 0.2) is 232 Å². The number of nitrogens with zero attached hydrogens (tertiary/aromatic N) is 2. The highest BCUT2D eigenvalue weighted by Crippen LogP contribution is 2.52. The fourth-order valence-corrected chi connectivity index (χ4v) is 11.6. The van der Waals surface area contributed by atoms with Gasteiger partial charge in [-0.1, -0.05) is 152 Å². The Morgan fingerprint density at radius 2 is 1.07 bits per heavy atom. The minimum atomic E-state index is 0.142. The summed E-state index contributed by atoms with van der Waals surface area (Å²) in [5.41, 5.74) is 16.8. The van der Waals surface area contributed by atoms with Crippen LogP contribution in [0.3, 0.4) is 0 Å². The zero-order valence-corrected chi connectivity index (χ0v) is 37.8. The molecule has 0 saturated heterocycles. The molecular weight excluding hydrogens is 841 g/mol. The van der Waals surface area contributed by atoms with Crippen LogP contribution in [0.4, 0.5) is 0 Å². The average Bonchev–Trinajstić information content (AvgIpc) is 3.73. The van der Waals surface area contributed by atoms with Crippen molar-refractivity contribution in [1.82, 2.24) is 4.57 Å². The molecule has 1 aliphatic heterocycles. The Kier molecular flexibility index (Phi) is 8.14. The van der Waals surface area contributed by atoms with Gasteiger partial charge in [-0.05, 0) is 129 Å². The predicted molar refractivity (Wildman–Crippen MR) is 287 cm³/mol. The van der Waals surface area contributed by atoms with E-state index in [1.54, 1.807) is 0 Å². The summed E-state index contributed by atoms with van der Waals surface area (Å²) in [6, 6.07) is 74.5. The number of hydrogen-bond donors (Lipinski definition) is 0. The van der Waals surface area contributed by atoms with Crippen LogP contribution >= 0.6 is 0 Å². The molecule has 0 N–H and O–H groups in total. The van der Waals surface area contributed by atoms with Crippen LogP contribution in [0.1, 0.15) is 30.0 Å². The van der Waals surface area contributed by atoms with Gasteiger partial charge in [0.2, 0.25) is 0 Å². The molecule has 15 rings (SSSR count). The SMILES string of the molecule is CC1=C(c2cccc3c2oc2ccccc23)N=C(c2c(-n3c4cc5ccccc5cc4c4cc5ccccc5cc43)ccc3oc4ccccc4c23)C2CC2C=C1c1cccc(-c2ccccc2)c1. The lowest BCUT2D eigenvalue weighted by molar-refractivity contribution is 0.667. The van der Waals surface area contributed by atoms with E-state index in [0.717, 1.165) is 95.1 Å². The van der Waals surface area contributed by atoms with E-state index in [-0.39, 0.29) is 11.8 Å². The average molecular weight is 883 g/mol. The molecule has 0 radical (unpaired) electrons. The van der Waals surface area contributed by atoms with Crippen LogP contribution in [0.25, 0.3) is 115 Å². The Balaban J connectivity index is 1.07. The molecule has 2 aliphatic rings. The zero-order valence-electron chi connectivity index (χ0n) is 37.8. The van der Waals surface area contributed by atoms with Gasteiger partial charge < -0.3 is 13.4 Å². The van der Waals surface area contributed by atoms with E-state index in [0.29, 0.717) is 0 Å². The molecule has 4 heteroatoms. The van der Waals surface area contributed by atoms with Gasteiger partial charge >= 0.3 is 0 Å². The van der Waals surface area contributed by atoms with E-state index in [2.05, 4.69) is 218 Å². The topological polar surface area (TPSA) is 43.6 Å². The highest BCUT2D eigenvalue weighted by atomic mass is 16.3. The first-order valence-electron chi connectivity index (χ1n) is 24.0. The quantitative estimate of drug-likeness (QED) is 0.173. The third-order valence-electron chi connectivity index (χ3n) is 15.0. The maximum Gasteiger partial charge on any atom is 0.144 e. The number of allylic oxidation sites excluding steroid dienone is 3. The van der Waals surface area contributed by atoms with Crippen LogP contribution in [0, 0.1) is 11.8 Å². The number of aliphatic imine (C=N–C) groups is 1. The predicted octanol–water partition coefficient (Wildman–Crippen LogP) is 17.5. The van der Waals surface area contributed by atoms with E-state index in [1.165, 1.54) is 54.6 Å². The molecule has 13 aromatic rings. The molecule has 2 unspecified atom stereocenters. The first kappa shape index (κ1) is 38.4. The van der Waals surface area contributed by atoms with Gasteiger partial charge in [-0.15, -0.1) is 0 Å². The molecule has 0 amide bonds. The number of furan rings is 2. The fraction of sp³-hybridized carbons (Fsp3) is 0.0615. The highest BCUT2D eigenvalue weighted by molar-refractivity contribution is 6.25. The Morgan fingerprint density at radius 3 is 1.81 bits per heavy atom. The first-order chi connectivity index (χ1) is 34.1. The summed E-state index contributed by atoms with van der Waals surface area (Å²) in [7, 11) is 0. The van der Waals surface area contributed by atoms with Gasteiger partial charge in [0.05, 0.1) is 28.1 Å². The molecule has 0 spiro atoms. The number of fused-ring (bicyclic) bond motifs is 12. The molecular formula is C65H42N2O2. The molecule has 69 heavy (non-hydrogen) atoms. The number of rotatable bonds is 5. The molecule has 4 nitrogen and oxygen atoms in total. The number of para-hydroxylation sites is 3. The van der Waals surface area contributed by atoms with Gasteiger partial charge in [0.1, 0.15) is 22.3 Å². The minimum absolute atomic E-state index is 0.142. The van der Waals surface area contributed by atoms with Crippen molar-refractivity contribution in [3.05, 3.63) is 235 Å². The lowest BCUT2D eigenvalue weighted by Crippen LogP contribution is -2.13. The first-order valence-corrected chi connectivity index (χ1v) is 24.0. The fourth-order valence-electron chi connectivity index (χ4n) is 11.6. The maximum atomic E-state index is 6.88. The summed E-state index contributed by atoms with van der Waals surface area (Å²) in [4.78, 5) is 6.16. The van der Waals surface area contributed by atoms with Crippen molar-refractivity contribution in [2.75, 3.05) is 0 Å². The molecule has 2 atom stereocenters. The van der Waals surface area contributed by atoms with E-state index >= 15 is 0 Å². The van der Waals surface area contributed by atoms with Crippen LogP contribution in [0.2, 0.25) is 0 Å². The molecule has 1 aliphatic carbocycles. The normalized spacial score (nSPS) is 16.2. The van der Waals surface area contributed by atoms with Gasteiger partial charge in [0.15, 0.2) is 0 Å². The lowest BCUT2D eigenvalue weighted by Gasteiger charge is -2.21. The van der Waals surface area contributed by atoms with Crippen molar-refractivity contribution >= 4 is 104 Å². The number of aromatic nitrogens is 1. The second-order valence-electron chi connectivity index (χ2n) is 19.0. The third kappa shape index (κ3) is 5.85. The summed E-state index contributed by atoms with van der Waals surface area (Å²) >= 11 is 0. The largest absolute Gasteiger partial charge is 0.456 e. The number of benzene rings is 10. The lowest BCUT2D eigenvalue weighted by atomic mass is 9.89. The van der Waals surface area contributed by atoms with E-state index in [4.69, 9.17) is 13.8 Å². The van der Waals surface area contributed by atoms with Gasteiger partial charge in [0.25, 0.3) is 0 Å². The minimum Gasteiger partial charge on any atom is -0.456 e. The van der Waals surface area contributed by atoms with Crippen LogP contribution < -0.4 is 0 Å². The Bertz CT molecular complexity index is 4330. The summed E-state index contributed by atoms with van der Waals surface area (Å²) in [6.45, 7) is 2.26. The van der Waals surface area contributed by atoms with Gasteiger partial charge in [-0.3, -0.25) is 4.99 Å². The maximum absolute atomic E-state index is 6.88. The van der Waals surface area contributed by atoms with Crippen molar-refractivity contribution in [3.8, 4) is 16.8 Å².